The molecule has 0 bridgehead atoms. The number of halogens is 1. The maximum atomic E-state index is 11.6. The van der Waals surface area contributed by atoms with E-state index in [0.717, 1.165) is 15.7 Å². The number of benzene rings is 1. The van der Waals surface area contributed by atoms with Gasteiger partial charge in [-0.3, -0.25) is 9.79 Å². The Labute approximate surface area is 109 Å². The van der Waals surface area contributed by atoms with Crippen LogP contribution < -0.4 is 16.4 Å². The highest BCUT2D eigenvalue weighted by molar-refractivity contribution is 9.10. The van der Waals surface area contributed by atoms with Crippen LogP contribution >= 0.6 is 15.9 Å². The molecule has 0 unspecified atom stereocenters. The van der Waals surface area contributed by atoms with Crippen LogP contribution in [0.2, 0.25) is 0 Å². The van der Waals surface area contributed by atoms with Crippen molar-refractivity contribution in [1.29, 1.82) is 0 Å². The summed E-state index contributed by atoms with van der Waals surface area (Å²) in [7, 11) is 1.55. The molecule has 0 saturated heterocycles. The first-order valence-electron chi connectivity index (χ1n) is 5.05. The van der Waals surface area contributed by atoms with Crippen molar-refractivity contribution in [1.82, 2.24) is 5.32 Å². The Morgan fingerprint density at radius 1 is 1.53 bits per heavy atom. The lowest BCUT2D eigenvalue weighted by molar-refractivity contribution is -0.115. The van der Waals surface area contributed by atoms with Crippen molar-refractivity contribution in [2.75, 3.05) is 18.9 Å². The number of rotatable bonds is 3. The van der Waals surface area contributed by atoms with Gasteiger partial charge in [0.2, 0.25) is 5.91 Å². The standard InChI is InChI=1S/C11H15BrN4O/c1-7-3-4-8(12)5-9(7)16-10(17)6-15-11(13)14-2/h3-5H,6H2,1-2H3,(H,16,17)(H3,13,14,15). The van der Waals surface area contributed by atoms with Crippen LogP contribution in [-0.2, 0) is 4.79 Å². The van der Waals surface area contributed by atoms with E-state index in [4.69, 9.17) is 5.73 Å². The summed E-state index contributed by atoms with van der Waals surface area (Å²) in [6.07, 6.45) is 0. The molecule has 0 aliphatic heterocycles. The molecule has 6 heteroatoms. The smallest absolute Gasteiger partial charge is 0.243 e. The first-order chi connectivity index (χ1) is 8.02. The monoisotopic (exact) mass is 298 g/mol. The number of carbonyl (C=O) groups excluding carboxylic acids is 1. The van der Waals surface area contributed by atoms with Crippen LogP contribution in [0, 0.1) is 6.92 Å². The van der Waals surface area contributed by atoms with Crippen LogP contribution in [-0.4, -0.2) is 25.5 Å². The van der Waals surface area contributed by atoms with Gasteiger partial charge in [0.1, 0.15) is 0 Å². The molecule has 4 N–H and O–H groups in total. The molecule has 1 aromatic carbocycles. The van der Waals surface area contributed by atoms with Gasteiger partial charge in [-0.05, 0) is 24.6 Å². The Kier molecular flexibility index (Phi) is 4.96. The van der Waals surface area contributed by atoms with E-state index in [1.165, 1.54) is 0 Å². The van der Waals surface area contributed by atoms with Gasteiger partial charge in [-0.2, -0.15) is 0 Å². The highest BCUT2D eigenvalue weighted by atomic mass is 79.9. The van der Waals surface area contributed by atoms with Gasteiger partial charge in [0, 0.05) is 17.2 Å². The van der Waals surface area contributed by atoms with Crippen LogP contribution in [0.5, 0.6) is 0 Å². The van der Waals surface area contributed by atoms with E-state index in [1.807, 2.05) is 25.1 Å². The minimum Gasteiger partial charge on any atom is -0.370 e. The fourth-order valence-corrected chi connectivity index (χ4v) is 1.53. The molecule has 0 fully saturated rings. The predicted octanol–water partition coefficient (Wildman–Crippen LogP) is 1.23. The minimum absolute atomic E-state index is 0.0924. The SMILES string of the molecule is CN=C(N)NCC(=O)Nc1cc(Br)ccc1C. The predicted molar refractivity (Wildman–Crippen MR) is 73.1 cm³/mol. The van der Waals surface area contributed by atoms with Gasteiger partial charge < -0.3 is 16.4 Å². The zero-order valence-corrected chi connectivity index (χ0v) is 11.3. The fraction of sp³-hybridized carbons (Fsp3) is 0.273. The number of amides is 1. The highest BCUT2D eigenvalue weighted by Crippen LogP contribution is 2.20. The zero-order chi connectivity index (χ0) is 12.8. The van der Waals surface area contributed by atoms with Crippen LogP contribution in [0.15, 0.2) is 27.7 Å². The zero-order valence-electron chi connectivity index (χ0n) is 9.75. The topological polar surface area (TPSA) is 79.5 Å². The number of aryl methyl sites for hydroxylation is 1. The summed E-state index contributed by atoms with van der Waals surface area (Å²) in [5.74, 6) is 0.0731. The molecule has 17 heavy (non-hydrogen) atoms. The van der Waals surface area contributed by atoms with E-state index in [1.54, 1.807) is 7.05 Å². The van der Waals surface area contributed by atoms with Crippen molar-refractivity contribution in [2.24, 2.45) is 10.7 Å². The normalized spacial score (nSPS) is 11.1. The van der Waals surface area contributed by atoms with Gasteiger partial charge in [-0.25, -0.2) is 0 Å². The molecule has 1 rings (SSSR count). The number of hydrogen-bond acceptors (Lipinski definition) is 2. The third-order valence-electron chi connectivity index (χ3n) is 2.14. The van der Waals surface area contributed by atoms with Crippen LogP contribution in [0.3, 0.4) is 0 Å². The number of nitrogens with one attached hydrogen (secondary N) is 2. The van der Waals surface area contributed by atoms with Crippen molar-refractivity contribution in [3.8, 4) is 0 Å². The number of nitrogens with two attached hydrogens (primary N) is 1. The number of guanidine groups is 1. The Hall–Kier alpha value is -1.56. The molecule has 5 nitrogen and oxygen atoms in total. The van der Waals surface area contributed by atoms with Gasteiger partial charge in [-0.15, -0.1) is 0 Å². The first kappa shape index (κ1) is 13.5. The van der Waals surface area contributed by atoms with Crippen molar-refractivity contribution >= 4 is 33.5 Å². The third kappa shape index (κ3) is 4.44. The summed E-state index contributed by atoms with van der Waals surface area (Å²) in [5.41, 5.74) is 7.19. The third-order valence-corrected chi connectivity index (χ3v) is 2.64. The number of hydrogen-bond donors (Lipinski definition) is 3. The average Bonchev–Trinajstić information content (AvgIpc) is 2.30. The lowest BCUT2D eigenvalue weighted by atomic mass is 10.2. The molecule has 0 aromatic heterocycles. The minimum atomic E-state index is -0.169. The van der Waals surface area contributed by atoms with Crippen LogP contribution in [0.25, 0.3) is 0 Å². The van der Waals surface area contributed by atoms with Crippen molar-refractivity contribution in [3.05, 3.63) is 28.2 Å². The second-order valence-corrected chi connectivity index (χ2v) is 4.39. The van der Waals surface area contributed by atoms with Gasteiger partial charge in [0.05, 0.1) is 6.54 Å². The molecular weight excluding hydrogens is 284 g/mol. The molecular formula is C11H15BrN4O. The summed E-state index contributed by atoms with van der Waals surface area (Å²) in [5, 5.41) is 5.48. The quantitative estimate of drug-likeness (QED) is 0.580. The van der Waals surface area contributed by atoms with Crippen molar-refractivity contribution < 1.29 is 4.79 Å². The maximum absolute atomic E-state index is 11.6. The fourth-order valence-electron chi connectivity index (χ4n) is 1.17. The summed E-state index contributed by atoms with van der Waals surface area (Å²) >= 11 is 3.35. The second-order valence-electron chi connectivity index (χ2n) is 3.47. The van der Waals surface area contributed by atoms with Gasteiger partial charge in [0.15, 0.2) is 5.96 Å². The molecule has 0 atom stereocenters. The average molecular weight is 299 g/mol. The summed E-state index contributed by atoms with van der Waals surface area (Å²) in [4.78, 5) is 15.3. The number of carbonyl (C=O) groups is 1. The largest absolute Gasteiger partial charge is 0.370 e. The van der Waals surface area contributed by atoms with Gasteiger partial charge in [0.25, 0.3) is 0 Å². The van der Waals surface area contributed by atoms with E-state index in [9.17, 15) is 4.79 Å². The molecule has 0 saturated carbocycles. The molecule has 1 aromatic rings. The molecule has 0 aliphatic carbocycles. The van der Waals surface area contributed by atoms with Gasteiger partial charge >= 0.3 is 0 Å². The Morgan fingerprint density at radius 3 is 2.88 bits per heavy atom. The Balaban J connectivity index is 2.59. The molecule has 0 aliphatic rings. The lowest BCUT2D eigenvalue weighted by Crippen LogP contribution is -2.37. The van der Waals surface area contributed by atoms with Crippen LogP contribution in [0.4, 0.5) is 5.69 Å². The van der Waals surface area contributed by atoms with Crippen molar-refractivity contribution in [2.45, 2.75) is 6.92 Å². The molecule has 0 heterocycles. The van der Waals surface area contributed by atoms with E-state index in [0.29, 0.717) is 0 Å². The number of nitrogens with zero attached hydrogens (tertiary/aromatic N) is 1. The van der Waals surface area contributed by atoms with Crippen LogP contribution in [0.1, 0.15) is 5.56 Å². The highest BCUT2D eigenvalue weighted by Gasteiger charge is 2.05. The number of aliphatic imine (C=N–C) groups is 1. The van der Waals surface area contributed by atoms with E-state index in [2.05, 4.69) is 31.6 Å². The summed E-state index contributed by atoms with van der Waals surface area (Å²) in [6, 6.07) is 5.70. The molecule has 92 valence electrons. The first-order valence-corrected chi connectivity index (χ1v) is 5.84. The summed E-state index contributed by atoms with van der Waals surface area (Å²) < 4.78 is 0.918. The lowest BCUT2D eigenvalue weighted by Gasteiger charge is -2.09. The molecule has 0 radical (unpaired) electrons. The van der Waals surface area contributed by atoms with E-state index < -0.39 is 0 Å². The van der Waals surface area contributed by atoms with E-state index >= 15 is 0 Å². The Morgan fingerprint density at radius 2 is 2.24 bits per heavy atom. The second kappa shape index (κ2) is 6.24. The van der Waals surface area contributed by atoms with Crippen molar-refractivity contribution in [3.63, 3.8) is 0 Å². The molecule has 1 amide bonds. The maximum Gasteiger partial charge on any atom is 0.243 e. The van der Waals surface area contributed by atoms with Gasteiger partial charge in [-0.1, -0.05) is 22.0 Å². The molecule has 0 spiro atoms. The summed E-state index contributed by atoms with van der Waals surface area (Å²) in [6.45, 7) is 2.02. The Bertz CT molecular complexity index is 445. The van der Waals surface area contributed by atoms with E-state index in [-0.39, 0.29) is 18.4 Å². The number of anilines is 1.